The minimum Gasteiger partial charge on any atom is -0.318 e. The first-order valence-electron chi connectivity index (χ1n) is 7.44. The summed E-state index contributed by atoms with van der Waals surface area (Å²) in [6.45, 7) is 5.43. The summed E-state index contributed by atoms with van der Waals surface area (Å²) in [5.41, 5.74) is 2.98. The van der Waals surface area contributed by atoms with Crippen LogP contribution in [0.1, 0.15) is 47.1 Å². The van der Waals surface area contributed by atoms with Gasteiger partial charge in [-0.1, -0.05) is 19.9 Å². The summed E-state index contributed by atoms with van der Waals surface area (Å²) in [7, 11) is 0. The van der Waals surface area contributed by atoms with Gasteiger partial charge in [-0.25, -0.2) is 4.39 Å². The van der Waals surface area contributed by atoms with Gasteiger partial charge in [-0.3, -0.25) is 9.89 Å². The lowest BCUT2D eigenvalue weighted by Crippen LogP contribution is -2.25. The molecule has 3 N–H and O–H groups in total. The number of nitrogens with one attached hydrogen (secondary N) is 3. The Labute approximate surface area is 140 Å². The number of aromatic nitrogens is 2. The Balaban J connectivity index is 0.00000192. The van der Waals surface area contributed by atoms with Crippen LogP contribution in [0.25, 0.3) is 0 Å². The van der Waals surface area contributed by atoms with Gasteiger partial charge >= 0.3 is 0 Å². The standard InChI is InChI=1S/C16H19FN4O.ClH/c1-9(2)13-7-14(21-20-13)16(22)19-12-4-3-10-8-18-6-5-11(10)15(12)17;/h3-4,7,9,18H,5-6,8H2,1-2H3,(H,19,22)(H,20,21);1H. The quantitative estimate of drug-likeness (QED) is 0.805. The van der Waals surface area contributed by atoms with Gasteiger partial charge in [0.2, 0.25) is 0 Å². The van der Waals surface area contributed by atoms with Crippen molar-refractivity contribution in [3.05, 3.63) is 46.5 Å². The van der Waals surface area contributed by atoms with Gasteiger partial charge in [-0.15, -0.1) is 12.4 Å². The van der Waals surface area contributed by atoms with Crippen LogP contribution in [0.15, 0.2) is 18.2 Å². The molecule has 0 bridgehead atoms. The molecule has 2 aromatic rings. The molecule has 23 heavy (non-hydrogen) atoms. The largest absolute Gasteiger partial charge is 0.318 e. The van der Waals surface area contributed by atoms with Crippen molar-refractivity contribution >= 4 is 24.0 Å². The van der Waals surface area contributed by atoms with E-state index in [-0.39, 0.29) is 35.5 Å². The Hall–Kier alpha value is -1.92. The summed E-state index contributed by atoms with van der Waals surface area (Å²) in [6.07, 6.45) is 0.630. The topological polar surface area (TPSA) is 69.8 Å². The zero-order chi connectivity index (χ0) is 15.7. The first kappa shape index (κ1) is 17.4. The van der Waals surface area contributed by atoms with Crippen molar-refractivity contribution < 1.29 is 9.18 Å². The molecular weight excluding hydrogens is 319 g/mol. The molecule has 1 aliphatic rings. The number of anilines is 1. The van der Waals surface area contributed by atoms with Gasteiger partial charge in [-0.05, 0) is 42.1 Å². The maximum atomic E-state index is 14.5. The third kappa shape index (κ3) is 3.54. The van der Waals surface area contributed by atoms with Crippen LogP contribution in [-0.4, -0.2) is 22.6 Å². The van der Waals surface area contributed by atoms with Gasteiger partial charge in [-0.2, -0.15) is 5.10 Å². The van der Waals surface area contributed by atoms with E-state index in [9.17, 15) is 9.18 Å². The molecule has 0 saturated heterocycles. The Bertz CT molecular complexity index is 714. The minimum atomic E-state index is -0.407. The number of carbonyl (C=O) groups is 1. The third-order valence-corrected chi connectivity index (χ3v) is 3.91. The maximum Gasteiger partial charge on any atom is 0.276 e. The molecule has 1 aromatic carbocycles. The zero-order valence-corrected chi connectivity index (χ0v) is 13.9. The fourth-order valence-electron chi connectivity index (χ4n) is 2.57. The van der Waals surface area contributed by atoms with Crippen molar-refractivity contribution in [2.24, 2.45) is 0 Å². The van der Waals surface area contributed by atoms with Crippen LogP contribution in [0, 0.1) is 5.82 Å². The molecule has 0 radical (unpaired) electrons. The van der Waals surface area contributed by atoms with Gasteiger partial charge in [0.05, 0.1) is 5.69 Å². The van der Waals surface area contributed by atoms with Crippen LogP contribution in [0.5, 0.6) is 0 Å². The van der Waals surface area contributed by atoms with E-state index in [1.54, 1.807) is 12.1 Å². The molecule has 1 aromatic heterocycles. The van der Waals surface area contributed by atoms with Crippen molar-refractivity contribution in [1.82, 2.24) is 15.5 Å². The number of carbonyl (C=O) groups excluding carboxylic acids is 1. The van der Waals surface area contributed by atoms with Crippen LogP contribution in [0.3, 0.4) is 0 Å². The second kappa shape index (κ2) is 7.10. The molecule has 0 fully saturated rings. The van der Waals surface area contributed by atoms with E-state index >= 15 is 0 Å². The molecule has 1 aliphatic heterocycles. The molecule has 1 amide bonds. The van der Waals surface area contributed by atoms with E-state index in [1.165, 1.54) is 0 Å². The summed E-state index contributed by atoms with van der Waals surface area (Å²) in [5, 5.41) is 12.6. The number of hydrogen-bond acceptors (Lipinski definition) is 3. The molecule has 0 saturated carbocycles. The van der Waals surface area contributed by atoms with Crippen molar-refractivity contribution in [3.8, 4) is 0 Å². The minimum absolute atomic E-state index is 0. The number of rotatable bonds is 3. The van der Waals surface area contributed by atoms with E-state index < -0.39 is 5.91 Å². The molecule has 0 spiro atoms. The van der Waals surface area contributed by atoms with E-state index in [4.69, 9.17) is 0 Å². The normalized spacial score (nSPS) is 13.4. The van der Waals surface area contributed by atoms with Crippen molar-refractivity contribution in [3.63, 3.8) is 0 Å². The second-order valence-electron chi connectivity index (χ2n) is 5.81. The summed E-state index contributed by atoms with van der Waals surface area (Å²) in [5.74, 6) is -0.495. The molecule has 3 rings (SSSR count). The first-order chi connectivity index (χ1) is 10.6. The monoisotopic (exact) mass is 338 g/mol. The lowest BCUT2D eigenvalue weighted by molar-refractivity contribution is 0.102. The van der Waals surface area contributed by atoms with Gasteiger partial charge in [0, 0.05) is 12.2 Å². The predicted molar refractivity (Wildman–Crippen MR) is 89.7 cm³/mol. The van der Waals surface area contributed by atoms with E-state index in [1.807, 2.05) is 19.9 Å². The molecule has 0 aliphatic carbocycles. The van der Waals surface area contributed by atoms with Crippen LogP contribution < -0.4 is 10.6 Å². The molecule has 7 heteroatoms. The lowest BCUT2D eigenvalue weighted by Gasteiger charge is -2.19. The average Bonchev–Trinajstić information content (AvgIpc) is 3.00. The summed E-state index contributed by atoms with van der Waals surface area (Å²) in [4.78, 5) is 12.2. The fourth-order valence-corrected chi connectivity index (χ4v) is 2.57. The average molecular weight is 339 g/mol. The zero-order valence-electron chi connectivity index (χ0n) is 13.1. The Morgan fingerprint density at radius 1 is 1.39 bits per heavy atom. The number of benzene rings is 1. The number of amides is 1. The van der Waals surface area contributed by atoms with Gasteiger partial charge < -0.3 is 10.6 Å². The summed E-state index contributed by atoms with van der Waals surface area (Å²) >= 11 is 0. The molecular formula is C16H20ClFN4O. The van der Waals surface area contributed by atoms with Gasteiger partial charge in [0.25, 0.3) is 5.91 Å². The summed E-state index contributed by atoms with van der Waals surface area (Å²) in [6, 6.07) is 5.15. The molecule has 0 atom stereocenters. The third-order valence-electron chi connectivity index (χ3n) is 3.91. The van der Waals surface area contributed by atoms with Crippen LogP contribution in [0.2, 0.25) is 0 Å². The van der Waals surface area contributed by atoms with E-state index in [0.717, 1.165) is 17.8 Å². The Morgan fingerprint density at radius 3 is 2.87 bits per heavy atom. The smallest absolute Gasteiger partial charge is 0.276 e. The number of H-pyrrole nitrogens is 1. The van der Waals surface area contributed by atoms with Gasteiger partial charge in [0.15, 0.2) is 5.69 Å². The number of halogens is 2. The lowest BCUT2D eigenvalue weighted by atomic mass is 9.99. The number of hydrogen-bond donors (Lipinski definition) is 3. The SMILES string of the molecule is CC(C)c1cc(C(=O)Nc2ccc3c(c2F)CCNC3)n[nH]1.Cl. The molecule has 2 heterocycles. The van der Waals surface area contributed by atoms with E-state index in [2.05, 4.69) is 20.8 Å². The van der Waals surface area contributed by atoms with Crippen molar-refractivity contribution in [1.29, 1.82) is 0 Å². The Morgan fingerprint density at radius 2 is 2.17 bits per heavy atom. The van der Waals surface area contributed by atoms with E-state index in [0.29, 0.717) is 18.5 Å². The van der Waals surface area contributed by atoms with Gasteiger partial charge in [0.1, 0.15) is 5.82 Å². The summed E-state index contributed by atoms with van der Waals surface area (Å²) < 4.78 is 14.5. The molecule has 0 unspecified atom stereocenters. The highest BCUT2D eigenvalue weighted by molar-refractivity contribution is 6.03. The maximum absolute atomic E-state index is 14.5. The number of fused-ring (bicyclic) bond motifs is 1. The highest BCUT2D eigenvalue weighted by Gasteiger charge is 2.19. The highest BCUT2D eigenvalue weighted by Crippen LogP contribution is 2.25. The first-order valence-corrected chi connectivity index (χ1v) is 7.44. The fraction of sp³-hybridized carbons (Fsp3) is 0.375. The van der Waals surface area contributed by atoms with Crippen molar-refractivity contribution in [2.75, 3.05) is 11.9 Å². The second-order valence-corrected chi connectivity index (χ2v) is 5.81. The van der Waals surface area contributed by atoms with Crippen LogP contribution in [-0.2, 0) is 13.0 Å². The van der Waals surface area contributed by atoms with Crippen LogP contribution >= 0.6 is 12.4 Å². The predicted octanol–water partition coefficient (Wildman–Crippen LogP) is 2.99. The highest BCUT2D eigenvalue weighted by atomic mass is 35.5. The molecule has 5 nitrogen and oxygen atoms in total. The number of nitrogens with zero attached hydrogens (tertiary/aromatic N) is 1. The molecule has 124 valence electrons. The Kier molecular flexibility index (Phi) is 5.38. The van der Waals surface area contributed by atoms with Crippen LogP contribution in [0.4, 0.5) is 10.1 Å². The van der Waals surface area contributed by atoms with Crippen molar-refractivity contribution in [2.45, 2.75) is 32.7 Å². The number of aromatic amines is 1.